The number of phenolic OH excluding ortho intramolecular Hbond substituents is 1. The second-order valence-electron chi connectivity index (χ2n) is 5.35. The van der Waals surface area contributed by atoms with Crippen molar-refractivity contribution in [1.82, 2.24) is 9.88 Å². The third-order valence-electron chi connectivity index (χ3n) is 3.61. The van der Waals surface area contributed by atoms with E-state index in [0.717, 1.165) is 11.6 Å². The zero-order chi connectivity index (χ0) is 18.7. The van der Waals surface area contributed by atoms with Crippen molar-refractivity contribution in [2.75, 3.05) is 6.54 Å². The SMILES string of the molecule is CCN1C(=O)/C(=C/c2cccnc2)SC1=Nc1ccc(O)cc1C(=O)O. The molecular weight excluding hydrogens is 354 g/mol. The van der Waals surface area contributed by atoms with E-state index >= 15 is 0 Å². The molecule has 1 aromatic heterocycles. The van der Waals surface area contributed by atoms with Gasteiger partial charge in [0, 0.05) is 18.9 Å². The summed E-state index contributed by atoms with van der Waals surface area (Å²) in [5.74, 6) is -1.56. The monoisotopic (exact) mass is 369 g/mol. The fourth-order valence-electron chi connectivity index (χ4n) is 2.38. The molecule has 2 N–H and O–H groups in total. The van der Waals surface area contributed by atoms with Crippen molar-refractivity contribution in [2.45, 2.75) is 6.92 Å². The Morgan fingerprint density at radius 1 is 1.38 bits per heavy atom. The van der Waals surface area contributed by atoms with Crippen LogP contribution in [0.25, 0.3) is 6.08 Å². The number of carboxylic acids is 1. The number of thioether (sulfide) groups is 1. The van der Waals surface area contributed by atoms with E-state index < -0.39 is 5.97 Å². The highest BCUT2D eigenvalue weighted by Gasteiger charge is 2.32. The average molecular weight is 369 g/mol. The zero-order valence-electron chi connectivity index (χ0n) is 13.8. The van der Waals surface area contributed by atoms with Crippen LogP contribution in [0.15, 0.2) is 52.6 Å². The summed E-state index contributed by atoms with van der Waals surface area (Å²) in [5, 5.41) is 19.2. The molecule has 26 heavy (non-hydrogen) atoms. The lowest BCUT2D eigenvalue weighted by Gasteiger charge is -2.12. The molecule has 0 atom stereocenters. The Balaban J connectivity index is 2.00. The molecule has 132 valence electrons. The molecule has 2 heterocycles. The van der Waals surface area contributed by atoms with Crippen molar-refractivity contribution in [3.05, 3.63) is 58.8 Å². The number of aliphatic imine (C=N–C) groups is 1. The van der Waals surface area contributed by atoms with Gasteiger partial charge >= 0.3 is 5.97 Å². The van der Waals surface area contributed by atoms with Crippen molar-refractivity contribution in [3.8, 4) is 5.75 Å². The molecule has 8 heteroatoms. The van der Waals surface area contributed by atoms with Crippen molar-refractivity contribution in [1.29, 1.82) is 0 Å². The van der Waals surface area contributed by atoms with Gasteiger partial charge in [0.15, 0.2) is 5.17 Å². The van der Waals surface area contributed by atoms with Gasteiger partial charge in [-0.1, -0.05) is 6.07 Å². The number of rotatable bonds is 4. The minimum absolute atomic E-state index is 0.133. The van der Waals surface area contributed by atoms with Crippen molar-refractivity contribution < 1.29 is 19.8 Å². The van der Waals surface area contributed by atoms with Crippen LogP contribution < -0.4 is 0 Å². The van der Waals surface area contributed by atoms with E-state index in [2.05, 4.69) is 9.98 Å². The van der Waals surface area contributed by atoms with Crippen molar-refractivity contribution >= 4 is 40.6 Å². The van der Waals surface area contributed by atoms with Crippen LogP contribution in [0.2, 0.25) is 0 Å². The largest absolute Gasteiger partial charge is 0.508 e. The molecule has 0 unspecified atom stereocenters. The topological polar surface area (TPSA) is 103 Å². The lowest BCUT2D eigenvalue weighted by molar-refractivity contribution is -0.122. The molecule has 3 rings (SSSR count). The van der Waals surface area contributed by atoms with Gasteiger partial charge in [-0.2, -0.15) is 0 Å². The first kappa shape index (κ1) is 17.7. The van der Waals surface area contributed by atoms with Gasteiger partial charge in [-0.3, -0.25) is 14.7 Å². The molecule has 1 aliphatic heterocycles. The smallest absolute Gasteiger partial charge is 0.338 e. The van der Waals surface area contributed by atoms with Gasteiger partial charge < -0.3 is 10.2 Å². The predicted octanol–water partition coefficient (Wildman–Crippen LogP) is 3.11. The first-order chi connectivity index (χ1) is 12.5. The molecule has 7 nitrogen and oxygen atoms in total. The van der Waals surface area contributed by atoms with Crippen LogP contribution in [0.1, 0.15) is 22.8 Å². The van der Waals surface area contributed by atoms with E-state index in [1.165, 1.54) is 28.8 Å². The first-order valence-corrected chi connectivity index (χ1v) is 8.57. The number of phenols is 1. The number of benzene rings is 1. The van der Waals surface area contributed by atoms with Gasteiger partial charge in [0.05, 0.1) is 16.2 Å². The van der Waals surface area contributed by atoms with E-state index in [-0.39, 0.29) is 22.9 Å². The third-order valence-corrected chi connectivity index (χ3v) is 4.62. The van der Waals surface area contributed by atoms with E-state index in [9.17, 15) is 19.8 Å². The molecule has 0 spiro atoms. The fourth-order valence-corrected chi connectivity index (χ4v) is 3.43. The van der Waals surface area contributed by atoms with Gasteiger partial charge in [-0.05, 0) is 54.6 Å². The van der Waals surface area contributed by atoms with Gasteiger partial charge in [0.1, 0.15) is 5.75 Å². The molecule has 1 aliphatic rings. The molecule has 0 saturated carbocycles. The summed E-state index contributed by atoms with van der Waals surface area (Å²) in [5.41, 5.74) is 0.828. The Bertz CT molecular complexity index is 925. The number of amidine groups is 1. The lowest BCUT2D eigenvalue weighted by Crippen LogP contribution is -2.28. The zero-order valence-corrected chi connectivity index (χ0v) is 14.6. The number of carboxylic acid groups (broad SMARTS) is 1. The number of amides is 1. The number of likely N-dealkylation sites (N-methyl/N-ethyl adjacent to an activating group) is 1. The standard InChI is InChI=1S/C18H15N3O4S/c1-2-21-16(23)15(8-11-4-3-7-19-10-11)26-18(21)20-14-6-5-12(22)9-13(14)17(24)25/h3-10,22H,2H2,1H3,(H,24,25)/b15-8-,20-18?. The third kappa shape index (κ3) is 3.60. The van der Waals surface area contributed by atoms with Crippen LogP contribution in [0, 0.1) is 0 Å². The highest BCUT2D eigenvalue weighted by Crippen LogP contribution is 2.35. The van der Waals surface area contributed by atoms with Crippen LogP contribution in [-0.2, 0) is 4.79 Å². The van der Waals surface area contributed by atoms with E-state index in [1.807, 2.05) is 13.0 Å². The summed E-state index contributed by atoms with van der Waals surface area (Å²) in [6.45, 7) is 2.21. The lowest BCUT2D eigenvalue weighted by atomic mass is 10.2. The molecule has 1 fully saturated rings. The van der Waals surface area contributed by atoms with E-state index in [4.69, 9.17) is 0 Å². The van der Waals surface area contributed by atoms with Crippen LogP contribution >= 0.6 is 11.8 Å². The number of aromatic hydroxyl groups is 1. The molecule has 0 radical (unpaired) electrons. The Hall–Kier alpha value is -3.13. The molecule has 2 aromatic rings. The highest BCUT2D eigenvalue weighted by atomic mass is 32.2. The Morgan fingerprint density at radius 2 is 2.19 bits per heavy atom. The molecular formula is C18H15N3O4S. The number of hydrogen-bond donors (Lipinski definition) is 2. The molecule has 1 saturated heterocycles. The van der Waals surface area contributed by atoms with Crippen molar-refractivity contribution in [2.24, 2.45) is 4.99 Å². The second-order valence-corrected chi connectivity index (χ2v) is 6.36. The number of carbonyl (C=O) groups excluding carboxylic acids is 1. The normalized spacial score (nSPS) is 17.3. The summed E-state index contributed by atoms with van der Waals surface area (Å²) < 4.78 is 0. The maximum absolute atomic E-state index is 12.6. The quantitative estimate of drug-likeness (QED) is 0.803. The predicted molar refractivity (Wildman–Crippen MR) is 99.4 cm³/mol. The Kier molecular flexibility index (Phi) is 5.04. The molecule has 1 aromatic carbocycles. The Labute approximate surface area is 153 Å². The number of hydrogen-bond acceptors (Lipinski definition) is 6. The van der Waals surface area contributed by atoms with Gasteiger partial charge in [0.2, 0.25) is 0 Å². The van der Waals surface area contributed by atoms with Crippen molar-refractivity contribution in [3.63, 3.8) is 0 Å². The number of carbonyl (C=O) groups is 2. The Morgan fingerprint density at radius 3 is 2.85 bits per heavy atom. The number of pyridine rings is 1. The maximum atomic E-state index is 12.6. The first-order valence-electron chi connectivity index (χ1n) is 7.76. The molecule has 0 bridgehead atoms. The minimum Gasteiger partial charge on any atom is -0.508 e. The van der Waals surface area contributed by atoms with Crippen LogP contribution in [0.3, 0.4) is 0 Å². The van der Waals surface area contributed by atoms with Crippen LogP contribution in [0.5, 0.6) is 5.75 Å². The van der Waals surface area contributed by atoms with E-state index in [1.54, 1.807) is 24.5 Å². The number of aromatic nitrogens is 1. The maximum Gasteiger partial charge on any atom is 0.338 e. The van der Waals surface area contributed by atoms with Crippen LogP contribution in [-0.4, -0.2) is 43.7 Å². The second kappa shape index (κ2) is 7.40. The molecule has 0 aliphatic carbocycles. The fraction of sp³-hybridized carbons (Fsp3) is 0.111. The summed E-state index contributed by atoms with van der Waals surface area (Å²) in [7, 11) is 0. The average Bonchev–Trinajstić information content (AvgIpc) is 2.91. The summed E-state index contributed by atoms with van der Waals surface area (Å²) in [4.78, 5) is 34.3. The van der Waals surface area contributed by atoms with E-state index in [0.29, 0.717) is 16.6 Å². The van der Waals surface area contributed by atoms with Gasteiger partial charge in [-0.15, -0.1) is 0 Å². The van der Waals surface area contributed by atoms with Gasteiger partial charge in [0.25, 0.3) is 5.91 Å². The number of aromatic carboxylic acids is 1. The van der Waals surface area contributed by atoms with Crippen LogP contribution in [0.4, 0.5) is 5.69 Å². The minimum atomic E-state index is -1.20. The van der Waals surface area contributed by atoms with Gasteiger partial charge in [-0.25, -0.2) is 9.79 Å². The molecule has 1 amide bonds. The highest BCUT2D eigenvalue weighted by molar-refractivity contribution is 8.18. The number of nitrogens with zero attached hydrogens (tertiary/aromatic N) is 3. The summed E-state index contributed by atoms with van der Waals surface area (Å²) >= 11 is 1.17. The summed E-state index contributed by atoms with van der Waals surface area (Å²) in [6.07, 6.45) is 5.02. The summed E-state index contributed by atoms with van der Waals surface area (Å²) in [6, 6.07) is 7.51.